The number of urea groups is 1. The third-order valence-corrected chi connectivity index (χ3v) is 1.52. The van der Waals surface area contributed by atoms with Gasteiger partial charge in [-0.3, -0.25) is 4.79 Å². The van der Waals surface area contributed by atoms with Crippen LogP contribution in [0.15, 0.2) is 0 Å². The summed E-state index contributed by atoms with van der Waals surface area (Å²) in [6.07, 6.45) is 5.45. The van der Waals surface area contributed by atoms with Crippen LogP contribution in [0.1, 0.15) is 20.3 Å². The van der Waals surface area contributed by atoms with Gasteiger partial charge in [-0.05, 0) is 13.8 Å². The van der Waals surface area contributed by atoms with Gasteiger partial charge in [-0.1, -0.05) is 0 Å². The Bertz CT molecular complexity index is 257. The molecular formula is C9H14N2O3. The van der Waals surface area contributed by atoms with E-state index < -0.39 is 18.0 Å². The van der Waals surface area contributed by atoms with E-state index >= 15 is 0 Å². The molecule has 0 aromatic rings. The van der Waals surface area contributed by atoms with Crippen molar-refractivity contribution in [2.75, 3.05) is 0 Å². The van der Waals surface area contributed by atoms with E-state index in [0.717, 1.165) is 0 Å². The fraction of sp³-hybridized carbons (Fsp3) is 0.556. The third kappa shape index (κ3) is 5.04. The first-order chi connectivity index (χ1) is 6.47. The number of aliphatic carboxylic acids is 1. The van der Waals surface area contributed by atoms with Crippen molar-refractivity contribution in [2.24, 2.45) is 0 Å². The highest BCUT2D eigenvalue weighted by molar-refractivity contribution is 5.82. The predicted octanol–water partition coefficient (Wildman–Crippen LogP) is 0.170. The van der Waals surface area contributed by atoms with E-state index in [1.54, 1.807) is 6.92 Å². The molecule has 0 aliphatic rings. The van der Waals surface area contributed by atoms with E-state index in [0.29, 0.717) is 6.42 Å². The molecule has 5 heteroatoms. The lowest BCUT2D eigenvalue weighted by molar-refractivity contribution is -0.138. The van der Waals surface area contributed by atoms with E-state index in [2.05, 4.69) is 16.6 Å². The molecule has 78 valence electrons. The molecular weight excluding hydrogens is 184 g/mol. The molecule has 0 bridgehead atoms. The number of hydrogen-bond acceptors (Lipinski definition) is 2. The Kier molecular flexibility index (Phi) is 5.15. The van der Waals surface area contributed by atoms with Crippen LogP contribution < -0.4 is 10.6 Å². The first-order valence-corrected chi connectivity index (χ1v) is 4.20. The number of carboxylic acids is 1. The molecule has 0 spiro atoms. The first-order valence-electron chi connectivity index (χ1n) is 4.20. The van der Waals surface area contributed by atoms with Crippen LogP contribution in [0.2, 0.25) is 0 Å². The number of terminal acetylenes is 1. The van der Waals surface area contributed by atoms with Crippen molar-refractivity contribution in [1.82, 2.24) is 10.6 Å². The minimum absolute atomic E-state index is 0.166. The topological polar surface area (TPSA) is 78.4 Å². The number of rotatable bonds is 4. The summed E-state index contributed by atoms with van der Waals surface area (Å²) in [7, 11) is 0. The zero-order valence-electron chi connectivity index (χ0n) is 8.20. The average molecular weight is 198 g/mol. The third-order valence-electron chi connectivity index (χ3n) is 1.52. The van der Waals surface area contributed by atoms with E-state index in [-0.39, 0.29) is 6.04 Å². The van der Waals surface area contributed by atoms with Crippen LogP contribution in [0.3, 0.4) is 0 Å². The van der Waals surface area contributed by atoms with Crippen LogP contribution in [0.5, 0.6) is 0 Å². The lowest BCUT2D eigenvalue weighted by atomic mass is 10.2. The van der Waals surface area contributed by atoms with Gasteiger partial charge < -0.3 is 15.7 Å². The Morgan fingerprint density at radius 2 is 2.00 bits per heavy atom. The number of carboxylic acid groups (broad SMARTS) is 1. The number of carbonyl (C=O) groups excluding carboxylic acids is 1. The molecule has 0 heterocycles. The second-order valence-corrected chi connectivity index (χ2v) is 2.99. The highest BCUT2D eigenvalue weighted by Gasteiger charge is 2.14. The summed E-state index contributed by atoms with van der Waals surface area (Å²) in [5, 5.41) is 13.3. The van der Waals surface area contributed by atoms with Crippen LogP contribution in [-0.4, -0.2) is 29.2 Å². The molecule has 2 amide bonds. The molecule has 0 aliphatic carbocycles. The van der Waals surface area contributed by atoms with Crippen LogP contribution in [-0.2, 0) is 4.79 Å². The standard InChI is InChI=1S/C9H14N2O3/c1-4-5-6(2)10-9(14)11-7(3)8(12)13/h1,6-7H,5H2,2-3H3,(H,12,13)(H2,10,11,14)/t6?,7-/m1/s1. The van der Waals surface area contributed by atoms with E-state index in [1.807, 2.05) is 0 Å². The summed E-state index contributed by atoms with van der Waals surface area (Å²) in [4.78, 5) is 21.5. The molecule has 5 nitrogen and oxygen atoms in total. The van der Waals surface area contributed by atoms with Crippen molar-refractivity contribution in [3.05, 3.63) is 0 Å². The number of nitrogens with one attached hydrogen (secondary N) is 2. The summed E-state index contributed by atoms with van der Waals surface area (Å²) >= 11 is 0. The highest BCUT2D eigenvalue weighted by Crippen LogP contribution is 1.88. The average Bonchev–Trinajstić information content (AvgIpc) is 2.03. The van der Waals surface area contributed by atoms with E-state index in [1.165, 1.54) is 6.92 Å². The number of hydrogen-bond donors (Lipinski definition) is 3. The Morgan fingerprint density at radius 1 is 1.43 bits per heavy atom. The molecule has 0 aliphatic heterocycles. The van der Waals surface area contributed by atoms with Crippen molar-refractivity contribution in [2.45, 2.75) is 32.4 Å². The lowest BCUT2D eigenvalue weighted by Crippen LogP contribution is -2.47. The fourth-order valence-electron chi connectivity index (χ4n) is 0.752. The monoisotopic (exact) mass is 198 g/mol. The normalized spacial score (nSPS) is 13.5. The van der Waals surface area contributed by atoms with Gasteiger partial charge in [0.1, 0.15) is 6.04 Å². The fourth-order valence-corrected chi connectivity index (χ4v) is 0.752. The second kappa shape index (κ2) is 5.86. The molecule has 2 atom stereocenters. The molecule has 0 radical (unpaired) electrons. The summed E-state index contributed by atoms with van der Waals surface area (Å²) < 4.78 is 0. The van der Waals surface area contributed by atoms with Gasteiger partial charge in [0.15, 0.2) is 0 Å². The summed E-state index contributed by atoms with van der Waals surface area (Å²) in [5.41, 5.74) is 0. The van der Waals surface area contributed by atoms with E-state index in [9.17, 15) is 9.59 Å². The Balaban J connectivity index is 3.87. The van der Waals surface area contributed by atoms with E-state index in [4.69, 9.17) is 11.5 Å². The maximum absolute atomic E-state index is 11.1. The molecule has 0 aromatic carbocycles. The van der Waals surface area contributed by atoms with Crippen molar-refractivity contribution in [3.8, 4) is 12.3 Å². The van der Waals surface area contributed by atoms with Crippen molar-refractivity contribution in [1.29, 1.82) is 0 Å². The maximum Gasteiger partial charge on any atom is 0.325 e. The molecule has 0 rings (SSSR count). The van der Waals surface area contributed by atoms with Crippen LogP contribution in [0, 0.1) is 12.3 Å². The molecule has 0 aromatic heterocycles. The zero-order valence-corrected chi connectivity index (χ0v) is 8.20. The maximum atomic E-state index is 11.1. The Hall–Kier alpha value is -1.70. The van der Waals surface area contributed by atoms with Gasteiger partial charge in [-0.2, -0.15) is 0 Å². The van der Waals surface area contributed by atoms with Gasteiger partial charge in [0.05, 0.1) is 0 Å². The van der Waals surface area contributed by atoms with Gasteiger partial charge >= 0.3 is 12.0 Å². The summed E-state index contributed by atoms with van der Waals surface area (Å²) in [5.74, 6) is 1.31. The van der Waals surface area contributed by atoms with Gasteiger partial charge in [-0.25, -0.2) is 4.79 Å². The second-order valence-electron chi connectivity index (χ2n) is 2.99. The van der Waals surface area contributed by atoms with Crippen molar-refractivity contribution in [3.63, 3.8) is 0 Å². The molecule has 0 saturated heterocycles. The predicted molar refractivity (Wildman–Crippen MR) is 51.7 cm³/mol. The minimum Gasteiger partial charge on any atom is -0.480 e. The Labute approximate surface area is 82.9 Å². The molecule has 0 saturated carbocycles. The van der Waals surface area contributed by atoms with Crippen LogP contribution in [0.4, 0.5) is 4.79 Å². The van der Waals surface area contributed by atoms with Crippen LogP contribution in [0.25, 0.3) is 0 Å². The molecule has 1 unspecified atom stereocenters. The number of carbonyl (C=O) groups is 2. The van der Waals surface area contributed by atoms with Crippen LogP contribution >= 0.6 is 0 Å². The first kappa shape index (κ1) is 12.3. The number of amides is 2. The molecule has 14 heavy (non-hydrogen) atoms. The van der Waals surface area contributed by atoms with Crippen molar-refractivity contribution >= 4 is 12.0 Å². The molecule has 0 fully saturated rings. The Morgan fingerprint density at radius 3 is 2.43 bits per heavy atom. The van der Waals surface area contributed by atoms with Gasteiger partial charge in [0.25, 0.3) is 0 Å². The summed E-state index contributed by atoms with van der Waals surface area (Å²) in [6.45, 7) is 3.12. The highest BCUT2D eigenvalue weighted by atomic mass is 16.4. The largest absolute Gasteiger partial charge is 0.480 e. The molecule has 3 N–H and O–H groups in total. The SMILES string of the molecule is C#CCC(C)NC(=O)N[C@H](C)C(=O)O. The van der Waals surface area contributed by atoms with Gasteiger partial charge in [0, 0.05) is 12.5 Å². The van der Waals surface area contributed by atoms with Crippen molar-refractivity contribution < 1.29 is 14.7 Å². The van der Waals surface area contributed by atoms with Gasteiger partial charge in [-0.15, -0.1) is 12.3 Å². The minimum atomic E-state index is -1.08. The smallest absolute Gasteiger partial charge is 0.325 e. The quantitative estimate of drug-likeness (QED) is 0.563. The summed E-state index contributed by atoms with van der Waals surface area (Å²) in [6, 6.07) is -1.60. The zero-order chi connectivity index (χ0) is 11.1. The van der Waals surface area contributed by atoms with Gasteiger partial charge in [0.2, 0.25) is 0 Å². The lowest BCUT2D eigenvalue weighted by Gasteiger charge is -2.14.